The Morgan fingerprint density at radius 1 is 1.55 bits per heavy atom. The highest BCUT2D eigenvalue weighted by molar-refractivity contribution is 5.34. The van der Waals surface area contributed by atoms with Gasteiger partial charge in [0.15, 0.2) is 0 Å². The molecule has 60 valence electrons. The summed E-state index contributed by atoms with van der Waals surface area (Å²) >= 11 is 0. The lowest BCUT2D eigenvalue weighted by atomic mass is 10.1. The predicted octanol–water partition coefficient (Wildman–Crippen LogP) is 1.26. The Balaban J connectivity index is 2.71. The van der Waals surface area contributed by atoms with E-state index in [1.165, 1.54) is 0 Å². The van der Waals surface area contributed by atoms with E-state index >= 15 is 0 Å². The van der Waals surface area contributed by atoms with Gasteiger partial charge in [-0.15, -0.1) is 0 Å². The molecule has 0 unspecified atom stereocenters. The standard InChI is InChI=1S/C8H13N3/c1-6(2)3-8-4-7(9)5-10-11-8/h4-6H,3H2,1-2H3,(H2,9,11). The Hall–Kier alpha value is -1.12. The number of nitrogens with zero attached hydrogens (tertiary/aromatic N) is 2. The van der Waals surface area contributed by atoms with E-state index in [0.717, 1.165) is 12.1 Å². The quantitative estimate of drug-likeness (QED) is 0.692. The molecule has 1 aromatic heterocycles. The van der Waals surface area contributed by atoms with Crippen molar-refractivity contribution in [2.45, 2.75) is 20.3 Å². The summed E-state index contributed by atoms with van der Waals surface area (Å²) in [6, 6.07) is 1.87. The topological polar surface area (TPSA) is 51.8 Å². The number of anilines is 1. The van der Waals surface area contributed by atoms with Gasteiger partial charge >= 0.3 is 0 Å². The molecule has 0 spiro atoms. The molecule has 2 N–H and O–H groups in total. The Kier molecular flexibility index (Phi) is 2.41. The molecule has 0 saturated carbocycles. The van der Waals surface area contributed by atoms with Gasteiger partial charge in [-0.3, -0.25) is 0 Å². The molecule has 0 fully saturated rings. The molecule has 0 atom stereocenters. The molecule has 0 aliphatic rings. The minimum absolute atomic E-state index is 0.603. The zero-order chi connectivity index (χ0) is 8.27. The largest absolute Gasteiger partial charge is 0.397 e. The molecular weight excluding hydrogens is 138 g/mol. The van der Waals surface area contributed by atoms with Crippen LogP contribution in [-0.2, 0) is 6.42 Å². The van der Waals surface area contributed by atoms with E-state index in [2.05, 4.69) is 24.0 Å². The van der Waals surface area contributed by atoms with Gasteiger partial charge in [-0.1, -0.05) is 13.8 Å². The van der Waals surface area contributed by atoms with Gasteiger partial charge in [0.1, 0.15) is 0 Å². The van der Waals surface area contributed by atoms with Gasteiger partial charge in [-0.25, -0.2) is 0 Å². The maximum Gasteiger partial charge on any atom is 0.0726 e. The molecule has 0 aliphatic carbocycles. The van der Waals surface area contributed by atoms with Crippen LogP contribution in [-0.4, -0.2) is 10.2 Å². The van der Waals surface area contributed by atoms with E-state index in [9.17, 15) is 0 Å². The molecular formula is C8H13N3. The first kappa shape index (κ1) is 7.98. The van der Waals surface area contributed by atoms with Gasteiger partial charge in [-0.05, 0) is 18.4 Å². The second-order valence-electron chi connectivity index (χ2n) is 3.08. The summed E-state index contributed by atoms with van der Waals surface area (Å²) in [5.74, 6) is 0.603. The highest BCUT2D eigenvalue weighted by Crippen LogP contribution is 2.06. The Bertz CT molecular complexity index is 233. The number of rotatable bonds is 2. The van der Waals surface area contributed by atoms with E-state index in [0.29, 0.717) is 11.6 Å². The molecule has 1 aromatic rings. The average Bonchev–Trinajstić information content (AvgIpc) is 1.85. The number of aromatic nitrogens is 2. The van der Waals surface area contributed by atoms with Gasteiger partial charge in [0, 0.05) is 0 Å². The van der Waals surface area contributed by atoms with Crippen molar-refractivity contribution >= 4 is 5.69 Å². The van der Waals surface area contributed by atoms with Crippen LogP contribution in [0.4, 0.5) is 5.69 Å². The van der Waals surface area contributed by atoms with E-state index in [1.807, 2.05) is 6.07 Å². The lowest BCUT2D eigenvalue weighted by Gasteiger charge is -2.02. The second-order valence-corrected chi connectivity index (χ2v) is 3.08. The van der Waals surface area contributed by atoms with Gasteiger partial charge in [0.2, 0.25) is 0 Å². The van der Waals surface area contributed by atoms with Crippen LogP contribution in [0, 0.1) is 5.92 Å². The predicted molar refractivity (Wildman–Crippen MR) is 45.0 cm³/mol. The molecule has 0 saturated heterocycles. The lowest BCUT2D eigenvalue weighted by molar-refractivity contribution is 0.628. The fraction of sp³-hybridized carbons (Fsp3) is 0.500. The van der Waals surface area contributed by atoms with Crippen LogP contribution in [0.5, 0.6) is 0 Å². The summed E-state index contributed by atoms with van der Waals surface area (Å²) in [4.78, 5) is 0. The zero-order valence-electron chi connectivity index (χ0n) is 6.91. The lowest BCUT2D eigenvalue weighted by Crippen LogP contribution is -2.00. The summed E-state index contributed by atoms with van der Waals surface area (Å²) in [5, 5.41) is 7.71. The van der Waals surface area contributed by atoms with Crippen LogP contribution in [0.15, 0.2) is 12.3 Å². The van der Waals surface area contributed by atoms with E-state index in [1.54, 1.807) is 6.20 Å². The van der Waals surface area contributed by atoms with E-state index in [4.69, 9.17) is 5.73 Å². The van der Waals surface area contributed by atoms with Crippen LogP contribution in [0.25, 0.3) is 0 Å². The molecule has 0 amide bonds. The third-order valence-electron chi connectivity index (χ3n) is 1.34. The van der Waals surface area contributed by atoms with Gasteiger partial charge in [-0.2, -0.15) is 10.2 Å². The van der Waals surface area contributed by atoms with Crippen LogP contribution >= 0.6 is 0 Å². The molecule has 1 rings (SSSR count). The number of nitrogen functional groups attached to an aromatic ring is 1. The summed E-state index contributed by atoms with van der Waals surface area (Å²) in [7, 11) is 0. The monoisotopic (exact) mass is 151 g/mol. The van der Waals surface area contributed by atoms with Crippen molar-refractivity contribution < 1.29 is 0 Å². The molecule has 11 heavy (non-hydrogen) atoms. The molecule has 0 radical (unpaired) electrons. The fourth-order valence-corrected chi connectivity index (χ4v) is 0.946. The van der Waals surface area contributed by atoms with Crippen LogP contribution in [0.1, 0.15) is 19.5 Å². The minimum Gasteiger partial charge on any atom is -0.397 e. The van der Waals surface area contributed by atoms with Crippen LogP contribution in [0.2, 0.25) is 0 Å². The minimum atomic E-state index is 0.603. The van der Waals surface area contributed by atoms with Crippen molar-refractivity contribution in [1.29, 1.82) is 0 Å². The SMILES string of the molecule is CC(C)Cc1cc(N)cnn1. The molecule has 0 aliphatic heterocycles. The first-order valence-corrected chi connectivity index (χ1v) is 3.75. The van der Waals surface area contributed by atoms with Crippen LogP contribution < -0.4 is 5.73 Å². The first-order valence-electron chi connectivity index (χ1n) is 3.75. The number of nitrogens with two attached hydrogens (primary N) is 1. The Labute approximate surface area is 66.6 Å². The molecule has 1 heterocycles. The average molecular weight is 151 g/mol. The maximum absolute atomic E-state index is 5.53. The Morgan fingerprint density at radius 2 is 2.27 bits per heavy atom. The van der Waals surface area contributed by atoms with Crippen molar-refractivity contribution in [2.24, 2.45) is 5.92 Å². The maximum atomic E-state index is 5.53. The van der Waals surface area contributed by atoms with Gasteiger partial charge in [0.25, 0.3) is 0 Å². The van der Waals surface area contributed by atoms with Crippen molar-refractivity contribution in [3.63, 3.8) is 0 Å². The smallest absolute Gasteiger partial charge is 0.0726 e. The van der Waals surface area contributed by atoms with E-state index in [-0.39, 0.29) is 0 Å². The second kappa shape index (κ2) is 3.32. The third-order valence-corrected chi connectivity index (χ3v) is 1.34. The number of hydrogen-bond donors (Lipinski definition) is 1. The van der Waals surface area contributed by atoms with Crippen molar-refractivity contribution in [2.75, 3.05) is 5.73 Å². The highest BCUT2D eigenvalue weighted by Gasteiger charge is 1.99. The van der Waals surface area contributed by atoms with Gasteiger partial charge < -0.3 is 5.73 Å². The summed E-state index contributed by atoms with van der Waals surface area (Å²) < 4.78 is 0. The highest BCUT2D eigenvalue weighted by atomic mass is 15.1. The van der Waals surface area contributed by atoms with Crippen molar-refractivity contribution in [1.82, 2.24) is 10.2 Å². The summed E-state index contributed by atoms with van der Waals surface area (Å²) in [5.41, 5.74) is 7.19. The summed E-state index contributed by atoms with van der Waals surface area (Å²) in [6.07, 6.45) is 2.50. The van der Waals surface area contributed by atoms with E-state index < -0.39 is 0 Å². The third kappa shape index (κ3) is 2.53. The van der Waals surface area contributed by atoms with Crippen LogP contribution in [0.3, 0.4) is 0 Å². The summed E-state index contributed by atoms with van der Waals surface area (Å²) in [6.45, 7) is 4.29. The van der Waals surface area contributed by atoms with Crippen molar-refractivity contribution in [3.8, 4) is 0 Å². The zero-order valence-corrected chi connectivity index (χ0v) is 6.91. The molecule has 3 heteroatoms. The van der Waals surface area contributed by atoms with Gasteiger partial charge in [0.05, 0.1) is 17.6 Å². The molecule has 3 nitrogen and oxygen atoms in total. The normalized spacial score (nSPS) is 10.5. The Morgan fingerprint density at radius 3 is 2.82 bits per heavy atom. The first-order chi connectivity index (χ1) is 5.18. The number of hydrogen-bond acceptors (Lipinski definition) is 3. The fourth-order valence-electron chi connectivity index (χ4n) is 0.946. The van der Waals surface area contributed by atoms with Crippen molar-refractivity contribution in [3.05, 3.63) is 18.0 Å². The molecule has 0 aromatic carbocycles. The molecule has 0 bridgehead atoms.